The van der Waals surface area contributed by atoms with Gasteiger partial charge in [-0.05, 0) is 50.4 Å². The number of fused-ring (bicyclic) bond motifs is 1. The normalized spacial score (nSPS) is 43.6. The molecule has 18 heavy (non-hydrogen) atoms. The molecule has 2 saturated carbocycles. The fourth-order valence-corrected chi connectivity index (χ4v) is 3.80. The van der Waals surface area contributed by atoms with Gasteiger partial charge in [0, 0.05) is 12.1 Å². The van der Waals surface area contributed by atoms with Crippen LogP contribution in [0.1, 0.15) is 38.5 Å². The summed E-state index contributed by atoms with van der Waals surface area (Å²) in [4.78, 5) is 0. The third-order valence-corrected chi connectivity index (χ3v) is 5.00. The molecule has 0 aromatic rings. The van der Waals surface area contributed by atoms with Crippen LogP contribution >= 0.6 is 0 Å². The van der Waals surface area contributed by atoms with Crippen LogP contribution in [0.2, 0.25) is 0 Å². The average Bonchev–Trinajstić information content (AvgIpc) is 2.67. The number of rotatable bonds is 2. The van der Waals surface area contributed by atoms with Crippen LogP contribution in [-0.4, -0.2) is 18.3 Å². The van der Waals surface area contributed by atoms with E-state index in [-0.39, 0.29) is 0 Å². The molecule has 1 nitrogen and oxygen atoms in total. The highest BCUT2D eigenvalue weighted by Gasteiger charge is 2.44. The van der Waals surface area contributed by atoms with Crippen LogP contribution in [0.3, 0.4) is 0 Å². The first-order valence-corrected chi connectivity index (χ1v) is 7.03. The van der Waals surface area contributed by atoms with Gasteiger partial charge in [-0.25, -0.2) is 0 Å². The molecule has 2 fully saturated rings. The number of alkyl halides is 3. The summed E-state index contributed by atoms with van der Waals surface area (Å²) in [6.07, 6.45) is 4.92. The highest BCUT2D eigenvalue weighted by molar-refractivity contribution is 5.13. The summed E-state index contributed by atoms with van der Waals surface area (Å²) in [7, 11) is 0. The third-order valence-electron chi connectivity index (χ3n) is 5.00. The van der Waals surface area contributed by atoms with E-state index in [0.29, 0.717) is 43.7 Å². The number of allylic oxidation sites excluding steroid dienone is 1. The summed E-state index contributed by atoms with van der Waals surface area (Å²) in [5, 5.41) is 3.58. The molecule has 0 radical (unpaired) electrons. The SMILES string of the molecule is FC(F)(F)C1CCC(NC2CC3CC=CC32)CC1. The van der Waals surface area contributed by atoms with Gasteiger partial charge >= 0.3 is 6.18 Å². The molecule has 102 valence electrons. The van der Waals surface area contributed by atoms with Crippen molar-refractivity contribution in [1.82, 2.24) is 5.32 Å². The molecule has 1 N–H and O–H groups in total. The van der Waals surface area contributed by atoms with Crippen molar-refractivity contribution in [2.75, 3.05) is 0 Å². The first-order chi connectivity index (χ1) is 8.54. The molecule has 0 aromatic heterocycles. The largest absolute Gasteiger partial charge is 0.391 e. The van der Waals surface area contributed by atoms with Gasteiger partial charge in [0.1, 0.15) is 0 Å². The van der Waals surface area contributed by atoms with Gasteiger partial charge in [0.15, 0.2) is 0 Å². The maximum absolute atomic E-state index is 12.6. The molecule has 0 spiro atoms. The van der Waals surface area contributed by atoms with Gasteiger partial charge in [-0.2, -0.15) is 13.2 Å². The van der Waals surface area contributed by atoms with Crippen molar-refractivity contribution in [3.05, 3.63) is 12.2 Å². The molecule has 0 aliphatic heterocycles. The van der Waals surface area contributed by atoms with Crippen LogP contribution < -0.4 is 5.32 Å². The summed E-state index contributed by atoms with van der Waals surface area (Å²) in [6.45, 7) is 0. The maximum Gasteiger partial charge on any atom is 0.391 e. The Bertz CT molecular complexity index is 328. The predicted octanol–water partition coefficient (Wildman–Crippen LogP) is 3.66. The number of hydrogen-bond donors (Lipinski definition) is 1. The van der Waals surface area contributed by atoms with Crippen molar-refractivity contribution in [1.29, 1.82) is 0 Å². The second-order valence-electron chi connectivity index (χ2n) is 6.10. The summed E-state index contributed by atoms with van der Waals surface area (Å²) in [5.74, 6) is 0.412. The van der Waals surface area contributed by atoms with E-state index in [4.69, 9.17) is 0 Å². The van der Waals surface area contributed by atoms with Crippen molar-refractivity contribution >= 4 is 0 Å². The van der Waals surface area contributed by atoms with Gasteiger partial charge in [0.25, 0.3) is 0 Å². The minimum atomic E-state index is -3.99. The lowest BCUT2D eigenvalue weighted by Gasteiger charge is -2.44. The molecule has 0 saturated heterocycles. The number of hydrogen-bond acceptors (Lipinski definition) is 1. The standard InChI is InChI=1S/C14H20F3N/c15-14(16,17)10-4-6-11(7-5-10)18-13-8-9-2-1-3-12(9)13/h1,3,9-13,18H,2,4-8H2. The number of nitrogens with one attached hydrogen (secondary N) is 1. The zero-order chi connectivity index (χ0) is 12.8. The molecule has 0 aromatic carbocycles. The fraction of sp³-hybridized carbons (Fsp3) is 0.857. The topological polar surface area (TPSA) is 12.0 Å². The predicted molar refractivity (Wildman–Crippen MR) is 64.1 cm³/mol. The molecule has 3 unspecified atom stereocenters. The lowest BCUT2D eigenvalue weighted by atomic mass is 9.70. The van der Waals surface area contributed by atoms with Gasteiger partial charge < -0.3 is 5.32 Å². The van der Waals surface area contributed by atoms with Crippen LogP contribution in [0.5, 0.6) is 0 Å². The Morgan fingerprint density at radius 3 is 2.39 bits per heavy atom. The molecule has 0 bridgehead atoms. The Morgan fingerprint density at radius 1 is 1.06 bits per heavy atom. The zero-order valence-electron chi connectivity index (χ0n) is 10.4. The van der Waals surface area contributed by atoms with E-state index >= 15 is 0 Å². The minimum absolute atomic E-state index is 0.303. The summed E-state index contributed by atoms with van der Waals surface area (Å²) in [6, 6.07) is 0.838. The van der Waals surface area contributed by atoms with Crippen molar-refractivity contribution in [3.63, 3.8) is 0 Å². The van der Waals surface area contributed by atoms with Crippen LogP contribution in [-0.2, 0) is 0 Å². The zero-order valence-corrected chi connectivity index (χ0v) is 10.4. The molecule has 0 heterocycles. The first-order valence-electron chi connectivity index (χ1n) is 7.03. The molecule has 3 rings (SSSR count). The molecule has 3 atom stereocenters. The molecule has 4 heteroatoms. The lowest BCUT2D eigenvalue weighted by molar-refractivity contribution is -0.183. The molecule has 3 aliphatic rings. The van der Waals surface area contributed by atoms with Crippen molar-refractivity contribution in [2.45, 2.75) is 56.8 Å². The van der Waals surface area contributed by atoms with Crippen LogP contribution in [0.15, 0.2) is 12.2 Å². The quantitative estimate of drug-likeness (QED) is 0.746. The smallest absolute Gasteiger partial charge is 0.311 e. The maximum atomic E-state index is 12.6. The minimum Gasteiger partial charge on any atom is -0.311 e. The second kappa shape index (κ2) is 4.55. The molecule has 3 aliphatic carbocycles. The van der Waals surface area contributed by atoms with E-state index in [2.05, 4.69) is 17.5 Å². The van der Waals surface area contributed by atoms with Gasteiger partial charge in [-0.3, -0.25) is 0 Å². The van der Waals surface area contributed by atoms with Crippen molar-refractivity contribution in [3.8, 4) is 0 Å². The highest BCUT2D eigenvalue weighted by atomic mass is 19.4. The summed E-state index contributed by atoms with van der Waals surface area (Å²) >= 11 is 0. The Hall–Kier alpha value is -0.510. The van der Waals surface area contributed by atoms with E-state index in [1.54, 1.807) is 0 Å². The average molecular weight is 259 g/mol. The Balaban J connectivity index is 1.45. The van der Waals surface area contributed by atoms with Crippen LogP contribution in [0.4, 0.5) is 13.2 Å². The summed E-state index contributed by atoms with van der Waals surface area (Å²) in [5.41, 5.74) is 0. The van der Waals surface area contributed by atoms with Gasteiger partial charge in [-0.1, -0.05) is 12.2 Å². The summed E-state index contributed by atoms with van der Waals surface area (Å²) < 4.78 is 37.7. The van der Waals surface area contributed by atoms with Crippen molar-refractivity contribution < 1.29 is 13.2 Å². The van der Waals surface area contributed by atoms with E-state index in [1.807, 2.05) is 0 Å². The van der Waals surface area contributed by atoms with Crippen LogP contribution in [0, 0.1) is 17.8 Å². The molecule has 0 amide bonds. The van der Waals surface area contributed by atoms with Gasteiger partial charge in [-0.15, -0.1) is 0 Å². The molecular formula is C14H20F3N. The van der Waals surface area contributed by atoms with Gasteiger partial charge in [0.2, 0.25) is 0 Å². The molecular weight excluding hydrogens is 239 g/mol. The Kier molecular flexibility index (Phi) is 3.16. The van der Waals surface area contributed by atoms with Gasteiger partial charge in [0.05, 0.1) is 5.92 Å². The van der Waals surface area contributed by atoms with E-state index in [1.165, 1.54) is 12.8 Å². The fourth-order valence-electron chi connectivity index (χ4n) is 3.80. The highest BCUT2D eigenvalue weighted by Crippen LogP contribution is 2.44. The lowest BCUT2D eigenvalue weighted by Crippen LogP contribution is -2.52. The Labute approximate surface area is 106 Å². The third kappa shape index (κ3) is 2.31. The monoisotopic (exact) mass is 259 g/mol. The van der Waals surface area contributed by atoms with Crippen LogP contribution in [0.25, 0.3) is 0 Å². The van der Waals surface area contributed by atoms with E-state index < -0.39 is 12.1 Å². The van der Waals surface area contributed by atoms with Crippen molar-refractivity contribution in [2.24, 2.45) is 17.8 Å². The van der Waals surface area contributed by atoms with E-state index in [9.17, 15) is 13.2 Å². The number of halogens is 3. The first kappa shape index (κ1) is 12.5. The van der Waals surface area contributed by atoms with E-state index in [0.717, 1.165) is 5.92 Å². The Morgan fingerprint density at radius 2 is 1.78 bits per heavy atom. The second-order valence-corrected chi connectivity index (χ2v) is 6.10.